The highest BCUT2D eigenvalue weighted by Gasteiger charge is 2.18. The number of carbonyl (C=O) groups is 2. The maximum Gasteiger partial charge on any atom is 0.311 e. The minimum absolute atomic E-state index is 0.0285. The summed E-state index contributed by atoms with van der Waals surface area (Å²) in [6.45, 7) is 3.90. The van der Waals surface area contributed by atoms with Crippen LogP contribution in [0, 0.1) is 0 Å². The van der Waals surface area contributed by atoms with E-state index in [0.717, 1.165) is 0 Å². The van der Waals surface area contributed by atoms with Crippen molar-refractivity contribution in [1.82, 2.24) is 15.4 Å². The van der Waals surface area contributed by atoms with Crippen LogP contribution in [0.5, 0.6) is 11.5 Å². The molecule has 0 aliphatic carbocycles. The van der Waals surface area contributed by atoms with E-state index in [1.807, 2.05) is 6.92 Å². The molecule has 1 aromatic heterocycles. The van der Waals surface area contributed by atoms with Gasteiger partial charge in [-0.05, 0) is 25.1 Å². The summed E-state index contributed by atoms with van der Waals surface area (Å²) in [5, 5.41) is 9.99. The Labute approximate surface area is 126 Å². The highest BCUT2D eigenvalue weighted by atomic mass is 16.6. The SMILES string of the molecule is CCOc1cc(-c2n[nH]nc2C(N)=O)ccc1OC(=O)CC. The third kappa shape index (κ3) is 3.22. The topological polar surface area (TPSA) is 120 Å². The maximum atomic E-state index is 11.4. The van der Waals surface area contributed by atoms with Crippen molar-refractivity contribution in [3.8, 4) is 22.8 Å². The Morgan fingerprint density at radius 1 is 1.23 bits per heavy atom. The van der Waals surface area contributed by atoms with Crippen LogP contribution in [-0.2, 0) is 4.79 Å². The molecule has 1 aromatic carbocycles. The molecule has 0 aliphatic rings. The number of hydrogen-bond acceptors (Lipinski definition) is 6. The number of ether oxygens (including phenoxy) is 2. The molecule has 0 bridgehead atoms. The van der Waals surface area contributed by atoms with Crippen molar-refractivity contribution in [2.24, 2.45) is 5.73 Å². The second-order valence-corrected chi connectivity index (χ2v) is 4.31. The smallest absolute Gasteiger partial charge is 0.311 e. The Bertz CT molecular complexity index is 696. The summed E-state index contributed by atoms with van der Waals surface area (Å²) in [4.78, 5) is 22.7. The van der Waals surface area contributed by atoms with Gasteiger partial charge in [0, 0.05) is 12.0 Å². The van der Waals surface area contributed by atoms with E-state index in [0.29, 0.717) is 29.4 Å². The zero-order valence-corrected chi connectivity index (χ0v) is 12.3. The number of aromatic nitrogens is 3. The fourth-order valence-corrected chi connectivity index (χ4v) is 1.81. The van der Waals surface area contributed by atoms with Crippen LogP contribution in [0.3, 0.4) is 0 Å². The van der Waals surface area contributed by atoms with E-state index in [1.165, 1.54) is 0 Å². The minimum Gasteiger partial charge on any atom is -0.490 e. The molecule has 0 aliphatic heterocycles. The summed E-state index contributed by atoms with van der Waals surface area (Å²) in [6.07, 6.45) is 0.252. The van der Waals surface area contributed by atoms with Crippen LogP contribution in [-0.4, -0.2) is 33.9 Å². The summed E-state index contributed by atoms with van der Waals surface area (Å²) in [5.74, 6) is -0.377. The van der Waals surface area contributed by atoms with Gasteiger partial charge in [0.2, 0.25) is 0 Å². The molecule has 1 amide bonds. The molecule has 0 saturated heterocycles. The van der Waals surface area contributed by atoms with Crippen LogP contribution < -0.4 is 15.2 Å². The van der Waals surface area contributed by atoms with Gasteiger partial charge in [-0.3, -0.25) is 9.59 Å². The van der Waals surface area contributed by atoms with Crippen molar-refractivity contribution in [3.05, 3.63) is 23.9 Å². The third-order valence-electron chi connectivity index (χ3n) is 2.81. The number of carbonyl (C=O) groups excluding carboxylic acids is 2. The average Bonchev–Trinajstić information content (AvgIpc) is 2.98. The Balaban J connectivity index is 2.42. The number of primary amides is 1. The molecule has 0 atom stereocenters. The zero-order chi connectivity index (χ0) is 16.1. The van der Waals surface area contributed by atoms with E-state index in [2.05, 4.69) is 15.4 Å². The second kappa shape index (κ2) is 6.70. The van der Waals surface area contributed by atoms with E-state index in [-0.39, 0.29) is 18.1 Å². The standard InChI is InChI=1S/C14H16N4O4/c1-3-11(19)22-9-6-5-8(7-10(9)21-4-2)12-13(14(15)20)17-18-16-12/h5-7H,3-4H2,1-2H3,(H2,15,20)(H,16,17,18). The largest absolute Gasteiger partial charge is 0.490 e. The van der Waals surface area contributed by atoms with Crippen molar-refractivity contribution < 1.29 is 19.1 Å². The first-order valence-corrected chi connectivity index (χ1v) is 6.75. The molecule has 116 valence electrons. The quantitative estimate of drug-likeness (QED) is 0.612. The molecule has 2 rings (SSSR count). The molecule has 8 heteroatoms. The molecule has 22 heavy (non-hydrogen) atoms. The van der Waals surface area contributed by atoms with Crippen LogP contribution in [0.15, 0.2) is 18.2 Å². The number of nitrogens with zero attached hydrogens (tertiary/aromatic N) is 2. The summed E-state index contributed by atoms with van der Waals surface area (Å²) >= 11 is 0. The molecular formula is C14H16N4O4. The molecule has 1 heterocycles. The molecular weight excluding hydrogens is 288 g/mol. The van der Waals surface area contributed by atoms with Gasteiger partial charge in [0.05, 0.1) is 6.61 Å². The lowest BCUT2D eigenvalue weighted by molar-refractivity contribution is -0.134. The summed E-state index contributed by atoms with van der Waals surface area (Å²) in [7, 11) is 0. The lowest BCUT2D eigenvalue weighted by Gasteiger charge is -2.11. The number of amides is 1. The Morgan fingerprint density at radius 3 is 2.64 bits per heavy atom. The fraction of sp³-hybridized carbons (Fsp3) is 0.286. The lowest BCUT2D eigenvalue weighted by atomic mass is 10.1. The predicted molar refractivity (Wildman–Crippen MR) is 77.4 cm³/mol. The Morgan fingerprint density at radius 2 is 2.00 bits per heavy atom. The number of nitrogens with two attached hydrogens (primary N) is 1. The maximum absolute atomic E-state index is 11.4. The predicted octanol–water partition coefficient (Wildman–Crippen LogP) is 1.28. The first-order valence-electron chi connectivity index (χ1n) is 6.75. The number of aromatic amines is 1. The zero-order valence-electron chi connectivity index (χ0n) is 12.3. The van der Waals surface area contributed by atoms with Gasteiger partial charge in [-0.1, -0.05) is 6.92 Å². The van der Waals surface area contributed by atoms with Gasteiger partial charge in [-0.2, -0.15) is 15.4 Å². The number of hydrogen-bond donors (Lipinski definition) is 2. The molecule has 0 spiro atoms. The van der Waals surface area contributed by atoms with E-state index in [9.17, 15) is 9.59 Å². The number of nitrogens with one attached hydrogen (secondary N) is 1. The minimum atomic E-state index is -0.691. The normalized spacial score (nSPS) is 10.3. The first-order chi connectivity index (χ1) is 10.6. The highest BCUT2D eigenvalue weighted by molar-refractivity contribution is 5.96. The van der Waals surface area contributed by atoms with Crippen LogP contribution in [0.1, 0.15) is 30.8 Å². The Hall–Kier alpha value is -2.90. The third-order valence-corrected chi connectivity index (χ3v) is 2.81. The van der Waals surface area contributed by atoms with E-state index < -0.39 is 5.91 Å². The highest BCUT2D eigenvalue weighted by Crippen LogP contribution is 2.33. The molecule has 0 unspecified atom stereocenters. The summed E-state index contributed by atoms with van der Waals surface area (Å²) in [6, 6.07) is 4.84. The van der Waals surface area contributed by atoms with Gasteiger partial charge >= 0.3 is 5.97 Å². The second-order valence-electron chi connectivity index (χ2n) is 4.31. The number of rotatable bonds is 6. The van der Waals surface area contributed by atoms with E-state index >= 15 is 0 Å². The lowest BCUT2D eigenvalue weighted by Crippen LogP contribution is -2.13. The van der Waals surface area contributed by atoms with Crippen molar-refractivity contribution in [2.45, 2.75) is 20.3 Å². The number of H-pyrrole nitrogens is 1. The van der Waals surface area contributed by atoms with Gasteiger partial charge < -0.3 is 15.2 Å². The van der Waals surface area contributed by atoms with E-state index in [1.54, 1.807) is 25.1 Å². The van der Waals surface area contributed by atoms with Crippen LogP contribution >= 0.6 is 0 Å². The molecule has 0 radical (unpaired) electrons. The van der Waals surface area contributed by atoms with Gasteiger partial charge in [-0.25, -0.2) is 0 Å². The van der Waals surface area contributed by atoms with Crippen LogP contribution in [0.4, 0.5) is 0 Å². The van der Waals surface area contributed by atoms with Crippen molar-refractivity contribution in [3.63, 3.8) is 0 Å². The first kappa shape index (κ1) is 15.5. The molecule has 3 N–H and O–H groups in total. The number of esters is 1. The van der Waals surface area contributed by atoms with Crippen molar-refractivity contribution in [1.29, 1.82) is 0 Å². The van der Waals surface area contributed by atoms with Crippen LogP contribution in [0.2, 0.25) is 0 Å². The average molecular weight is 304 g/mol. The van der Waals surface area contributed by atoms with Gasteiger partial charge in [-0.15, -0.1) is 0 Å². The van der Waals surface area contributed by atoms with Gasteiger partial charge in [0.25, 0.3) is 5.91 Å². The monoisotopic (exact) mass is 304 g/mol. The van der Waals surface area contributed by atoms with E-state index in [4.69, 9.17) is 15.2 Å². The molecule has 0 saturated carbocycles. The van der Waals surface area contributed by atoms with Crippen molar-refractivity contribution >= 4 is 11.9 Å². The van der Waals surface area contributed by atoms with Crippen molar-refractivity contribution in [2.75, 3.05) is 6.61 Å². The fourth-order valence-electron chi connectivity index (χ4n) is 1.81. The summed E-state index contributed by atoms with van der Waals surface area (Å²) in [5.41, 5.74) is 6.15. The summed E-state index contributed by atoms with van der Waals surface area (Å²) < 4.78 is 10.7. The van der Waals surface area contributed by atoms with Gasteiger partial charge in [0.1, 0.15) is 5.69 Å². The van der Waals surface area contributed by atoms with Crippen LogP contribution in [0.25, 0.3) is 11.3 Å². The molecule has 0 fully saturated rings. The Kier molecular flexibility index (Phi) is 4.72. The molecule has 8 nitrogen and oxygen atoms in total. The van der Waals surface area contributed by atoms with Gasteiger partial charge in [0.15, 0.2) is 17.2 Å². The number of benzene rings is 1. The molecule has 2 aromatic rings.